The van der Waals surface area contributed by atoms with Gasteiger partial charge >= 0.3 is 5.97 Å². The Kier molecular flexibility index (Phi) is 3.75. The molecule has 6 nitrogen and oxygen atoms in total. The average Bonchev–Trinajstić information content (AvgIpc) is 2.55. The maximum atomic E-state index is 11.7. The van der Waals surface area contributed by atoms with E-state index in [0.717, 1.165) is 31.6 Å². The highest BCUT2D eigenvalue weighted by Gasteiger charge is 2.20. The highest BCUT2D eigenvalue weighted by Crippen LogP contribution is 2.37. The highest BCUT2D eigenvalue weighted by atomic mass is 16.5. The van der Waals surface area contributed by atoms with Crippen LogP contribution >= 0.6 is 0 Å². The van der Waals surface area contributed by atoms with Crippen molar-refractivity contribution < 1.29 is 14.6 Å². The van der Waals surface area contributed by atoms with Crippen molar-refractivity contribution in [2.75, 3.05) is 30.8 Å². The first kappa shape index (κ1) is 14.4. The third-order valence-electron chi connectivity index (χ3n) is 4.04. The van der Waals surface area contributed by atoms with Crippen LogP contribution in [0.3, 0.4) is 0 Å². The van der Waals surface area contributed by atoms with Crippen LogP contribution in [0.2, 0.25) is 0 Å². The van der Waals surface area contributed by atoms with Crippen molar-refractivity contribution in [1.82, 2.24) is 4.98 Å². The molecule has 0 aliphatic carbocycles. The minimum atomic E-state index is -0.597. The summed E-state index contributed by atoms with van der Waals surface area (Å²) >= 11 is 0. The molecule has 2 heterocycles. The summed E-state index contributed by atoms with van der Waals surface area (Å²) in [5.41, 5.74) is 7.81. The van der Waals surface area contributed by atoms with Crippen LogP contribution in [0.4, 0.5) is 11.4 Å². The van der Waals surface area contributed by atoms with E-state index in [1.165, 1.54) is 19.6 Å². The Morgan fingerprint density at radius 2 is 2.05 bits per heavy atom. The molecule has 6 heteroatoms. The summed E-state index contributed by atoms with van der Waals surface area (Å²) in [6.07, 6.45) is 3.47. The molecule has 0 bridgehead atoms. The summed E-state index contributed by atoms with van der Waals surface area (Å²) in [6, 6.07) is 5.00. The molecule has 1 aromatic heterocycles. The smallest absolute Gasteiger partial charge is 0.356 e. The quantitative estimate of drug-likeness (QED) is 0.653. The number of nitrogens with zero attached hydrogens (tertiary/aromatic N) is 2. The van der Waals surface area contributed by atoms with Crippen molar-refractivity contribution in [1.29, 1.82) is 0 Å². The van der Waals surface area contributed by atoms with Crippen LogP contribution in [0.15, 0.2) is 18.2 Å². The molecule has 1 aliphatic rings. The number of aromatic hydroxyl groups is 1. The van der Waals surface area contributed by atoms with Gasteiger partial charge in [-0.2, -0.15) is 0 Å². The molecule has 116 valence electrons. The number of pyridine rings is 1. The average molecular weight is 301 g/mol. The predicted octanol–water partition coefficient (Wildman–Crippen LogP) is 2.30. The second-order valence-corrected chi connectivity index (χ2v) is 5.46. The van der Waals surface area contributed by atoms with Gasteiger partial charge in [-0.3, -0.25) is 0 Å². The molecule has 1 aromatic carbocycles. The summed E-state index contributed by atoms with van der Waals surface area (Å²) in [4.78, 5) is 18.2. The number of carbonyl (C=O) groups excluding carboxylic acids is 1. The number of nitrogens with two attached hydrogens (primary N) is 1. The van der Waals surface area contributed by atoms with E-state index < -0.39 is 5.97 Å². The monoisotopic (exact) mass is 301 g/mol. The molecule has 22 heavy (non-hydrogen) atoms. The van der Waals surface area contributed by atoms with Gasteiger partial charge in [0, 0.05) is 19.2 Å². The molecule has 1 saturated heterocycles. The predicted molar refractivity (Wildman–Crippen MR) is 85.2 cm³/mol. The Morgan fingerprint density at radius 3 is 2.73 bits per heavy atom. The fourth-order valence-corrected chi connectivity index (χ4v) is 2.93. The molecule has 3 N–H and O–H groups in total. The van der Waals surface area contributed by atoms with E-state index >= 15 is 0 Å². The summed E-state index contributed by atoms with van der Waals surface area (Å²) in [6.45, 7) is 1.88. The lowest BCUT2D eigenvalue weighted by atomic mass is 10.1. The number of carbonyl (C=O) groups is 1. The van der Waals surface area contributed by atoms with Crippen LogP contribution in [-0.4, -0.2) is 36.3 Å². The van der Waals surface area contributed by atoms with E-state index in [4.69, 9.17) is 5.73 Å². The van der Waals surface area contributed by atoms with Crippen LogP contribution in [0, 0.1) is 0 Å². The standard InChI is InChI=1S/C16H19N3O3/c1-22-16(21)11-9-13(20)14-12(19-7-3-2-4-8-19)6-5-10(17)15(14)18-11/h5-6,9H,2-4,7-8,17H2,1H3,(H,18,20). The first-order chi connectivity index (χ1) is 10.6. The first-order valence-corrected chi connectivity index (χ1v) is 7.37. The van der Waals surface area contributed by atoms with E-state index in [0.29, 0.717) is 16.6 Å². The Hall–Kier alpha value is -2.50. The van der Waals surface area contributed by atoms with Gasteiger partial charge in [-0.1, -0.05) is 0 Å². The van der Waals surface area contributed by atoms with Crippen molar-refractivity contribution in [3.63, 3.8) is 0 Å². The van der Waals surface area contributed by atoms with E-state index in [9.17, 15) is 9.90 Å². The maximum Gasteiger partial charge on any atom is 0.356 e. The van der Waals surface area contributed by atoms with Crippen LogP contribution < -0.4 is 10.6 Å². The molecule has 0 spiro atoms. The van der Waals surface area contributed by atoms with E-state index in [1.54, 1.807) is 6.07 Å². The number of nitrogen functional groups attached to an aromatic ring is 1. The molecular formula is C16H19N3O3. The van der Waals surface area contributed by atoms with Crippen LogP contribution in [0.5, 0.6) is 5.75 Å². The van der Waals surface area contributed by atoms with E-state index in [-0.39, 0.29) is 11.4 Å². The number of fused-ring (bicyclic) bond motifs is 1. The van der Waals surface area contributed by atoms with E-state index in [2.05, 4.69) is 14.6 Å². The zero-order valence-corrected chi connectivity index (χ0v) is 12.5. The molecule has 0 radical (unpaired) electrons. The Balaban J connectivity index is 2.19. The number of aromatic nitrogens is 1. The van der Waals surface area contributed by atoms with Gasteiger partial charge in [0.15, 0.2) is 5.69 Å². The van der Waals surface area contributed by atoms with E-state index in [1.807, 2.05) is 6.07 Å². The topological polar surface area (TPSA) is 88.7 Å². The number of ether oxygens (including phenoxy) is 1. The zero-order valence-electron chi connectivity index (χ0n) is 12.5. The number of piperidine rings is 1. The molecule has 0 amide bonds. The van der Waals surface area contributed by atoms with Gasteiger partial charge < -0.3 is 20.5 Å². The van der Waals surface area contributed by atoms with Crippen molar-refractivity contribution in [3.05, 3.63) is 23.9 Å². The summed E-state index contributed by atoms with van der Waals surface area (Å²) < 4.78 is 4.66. The Bertz CT molecular complexity index is 724. The SMILES string of the molecule is COC(=O)c1cc(O)c2c(N3CCCCC3)ccc(N)c2n1. The molecule has 0 saturated carbocycles. The van der Waals surface area contributed by atoms with Crippen molar-refractivity contribution in [2.24, 2.45) is 0 Å². The van der Waals surface area contributed by atoms with Gasteiger partial charge in [0.25, 0.3) is 0 Å². The van der Waals surface area contributed by atoms with Gasteiger partial charge in [0.05, 0.1) is 29.4 Å². The largest absolute Gasteiger partial charge is 0.507 e. The number of esters is 1. The number of benzene rings is 1. The molecule has 3 rings (SSSR count). The molecule has 0 unspecified atom stereocenters. The lowest BCUT2D eigenvalue weighted by Crippen LogP contribution is -2.29. The molecule has 2 aromatic rings. The molecule has 1 fully saturated rings. The summed E-state index contributed by atoms with van der Waals surface area (Å²) in [5.74, 6) is -0.599. The molecular weight excluding hydrogens is 282 g/mol. The normalized spacial score (nSPS) is 15.0. The fraction of sp³-hybridized carbons (Fsp3) is 0.375. The lowest BCUT2D eigenvalue weighted by Gasteiger charge is -2.30. The van der Waals surface area contributed by atoms with Gasteiger partial charge in [0.1, 0.15) is 5.75 Å². The third kappa shape index (κ3) is 2.41. The molecule has 0 atom stereocenters. The van der Waals surface area contributed by atoms with Gasteiger partial charge in [-0.25, -0.2) is 9.78 Å². The minimum absolute atomic E-state index is 0.00160. The Labute approximate surface area is 128 Å². The third-order valence-corrected chi connectivity index (χ3v) is 4.04. The lowest BCUT2D eigenvalue weighted by molar-refractivity contribution is 0.0594. The Morgan fingerprint density at radius 1 is 1.32 bits per heavy atom. The van der Waals surface area contributed by atoms with Gasteiger partial charge in [-0.05, 0) is 31.4 Å². The number of rotatable bonds is 2. The first-order valence-electron chi connectivity index (χ1n) is 7.37. The van der Waals surface area contributed by atoms with Crippen molar-refractivity contribution in [2.45, 2.75) is 19.3 Å². The van der Waals surface area contributed by atoms with Crippen molar-refractivity contribution in [3.8, 4) is 5.75 Å². The number of hydrogen-bond acceptors (Lipinski definition) is 6. The maximum absolute atomic E-state index is 11.7. The summed E-state index contributed by atoms with van der Waals surface area (Å²) in [5, 5.41) is 11.0. The van der Waals surface area contributed by atoms with Crippen molar-refractivity contribution >= 4 is 28.2 Å². The van der Waals surface area contributed by atoms with Gasteiger partial charge in [-0.15, -0.1) is 0 Å². The second kappa shape index (κ2) is 5.71. The minimum Gasteiger partial charge on any atom is -0.507 e. The van der Waals surface area contributed by atoms with Crippen LogP contribution in [-0.2, 0) is 4.74 Å². The summed E-state index contributed by atoms with van der Waals surface area (Å²) in [7, 11) is 1.28. The second-order valence-electron chi connectivity index (χ2n) is 5.46. The van der Waals surface area contributed by atoms with Gasteiger partial charge in [0.2, 0.25) is 0 Å². The fourth-order valence-electron chi connectivity index (χ4n) is 2.93. The number of methoxy groups -OCH3 is 1. The zero-order chi connectivity index (χ0) is 15.7. The number of anilines is 2. The van der Waals surface area contributed by atoms with Crippen LogP contribution in [0.1, 0.15) is 29.8 Å². The highest BCUT2D eigenvalue weighted by molar-refractivity contribution is 6.05. The van der Waals surface area contributed by atoms with Crippen LogP contribution in [0.25, 0.3) is 10.9 Å². The number of hydrogen-bond donors (Lipinski definition) is 2. The molecule has 1 aliphatic heterocycles.